The summed E-state index contributed by atoms with van der Waals surface area (Å²) in [5.41, 5.74) is 1.39. The molecule has 0 aliphatic heterocycles. The Labute approximate surface area is 168 Å². The van der Waals surface area contributed by atoms with Gasteiger partial charge in [-0.15, -0.1) is 0 Å². The number of hydrogen-bond donors (Lipinski definition) is 1. The monoisotopic (exact) mass is 419 g/mol. The van der Waals surface area contributed by atoms with E-state index in [2.05, 4.69) is 20.3 Å². The van der Waals surface area contributed by atoms with Crippen LogP contribution in [0.2, 0.25) is 0 Å². The Balaban J connectivity index is 1.79. The molecule has 0 unspecified atom stereocenters. The Kier molecular flexibility index (Phi) is 6.09. The molecule has 2 aromatic heterocycles. The maximum absolute atomic E-state index is 12.4. The largest absolute Gasteiger partial charge is 0.468 e. The van der Waals surface area contributed by atoms with Crippen molar-refractivity contribution in [2.45, 2.75) is 19.6 Å². The molecule has 0 atom stereocenters. The topological polar surface area (TPSA) is 103 Å². The van der Waals surface area contributed by atoms with Crippen molar-refractivity contribution in [3.63, 3.8) is 0 Å². The van der Waals surface area contributed by atoms with E-state index in [1.54, 1.807) is 31.2 Å². The van der Waals surface area contributed by atoms with Crippen molar-refractivity contribution in [2.75, 3.05) is 11.9 Å². The van der Waals surface area contributed by atoms with Crippen LogP contribution in [0.3, 0.4) is 0 Å². The van der Waals surface area contributed by atoms with Crippen LogP contribution >= 0.6 is 0 Å². The molecule has 0 saturated carbocycles. The minimum atomic E-state index is -4.47. The third-order valence-electron chi connectivity index (χ3n) is 3.85. The quantitative estimate of drug-likeness (QED) is 0.450. The van der Waals surface area contributed by atoms with Gasteiger partial charge in [0.1, 0.15) is 5.82 Å². The summed E-state index contributed by atoms with van der Waals surface area (Å²) in [6, 6.07) is 10.7. The van der Waals surface area contributed by atoms with Crippen LogP contribution in [0.15, 0.2) is 48.7 Å². The Morgan fingerprint density at radius 2 is 1.97 bits per heavy atom. The molecular weight excluding hydrogens is 403 g/mol. The van der Waals surface area contributed by atoms with E-state index in [4.69, 9.17) is 4.74 Å². The summed E-state index contributed by atoms with van der Waals surface area (Å²) >= 11 is 0. The lowest BCUT2D eigenvalue weighted by Crippen LogP contribution is -2.20. The third-order valence-corrected chi connectivity index (χ3v) is 3.85. The number of non-ortho nitro benzene ring substituents is 1. The van der Waals surface area contributed by atoms with Gasteiger partial charge in [0.2, 0.25) is 5.88 Å². The van der Waals surface area contributed by atoms with Crippen LogP contribution in [0.5, 0.6) is 5.88 Å². The molecule has 30 heavy (non-hydrogen) atoms. The lowest BCUT2D eigenvalue weighted by Gasteiger charge is -2.13. The highest BCUT2D eigenvalue weighted by atomic mass is 19.4. The van der Waals surface area contributed by atoms with Gasteiger partial charge in [-0.05, 0) is 13.0 Å². The van der Waals surface area contributed by atoms with Gasteiger partial charge in [-0.3, -0.25) is 10.1 Å². The predicted octanol–water partition coefficient (Wildman–Crippen LogP) is 4.31. The van der Waals surface area contributed by atoms with E-state index < -0.39 is 17.7 Å². The summed E-state index contributed by atoms with van der Waals surface area (Å²) in [4.78, 5) is 23.0. The first-order valence-corrected chi connectivity index (χ1v) is 8.69. The number of nitrogens with one attached hydrogen (secondary N) is 1. The molecule has 0 spiro atoms. The molecule has 0 radical (unpaired) electrons. The maximum Gasteiger partial charge on any atom is 0.422 e. The first-order chi connectivity index (χ1) is 14.2. The van der Waals surface area contributed by atoms with E-state index in [0.29, 0.717) is 22.6 Å². The number of rotatable bonds is 7. The zero-order valence-corrected chi connectivity index (χ0v) is 15.7. The van der Waals surface area contributed by atoms with Crippen LogP contribution in [0.25, 0.3) is 11.4 Å². The van der Waals surface area contributed by atoms with Crippen molar-refractivity contribution in [1.29, 1.82) is 0 Å². The minimum Gasteiger partial charge on any atom is -0.468 e. The molecule has 0 fully saturated rings. The lowest BCUT2D eigenvalue weighted by molar-refractivity contribution is -0.384. The first-order valence-electron chi connectivity index (χ1n) is 8.69. The number of benzene rings is 1. The molecule has 0 aliphatic carbocycles. The number of pyridine rings is 1. The number of anilines is 1. The van der Waals surface area contributed by atoms with E-state index in [-0.39, 0.29) is 23.9 Å². The van der Waals surface area contributed by atoms with Crippen LogP contribution in [0, 0.1) is 17.0 Å². The molecule has 8 nitrogen and oxygen atoms in total. The standard InChI is InChI=1S/C19H16F3N5O3/c1-12-8-16(26-17(25-12)13-4-2-6-15(9-13)27(28)29)24-10-14-5-3-7-23-18(14)30-11-19(20,21)22/h2-9H,10-11H2,1H3,(H,24,25,26). The van der Waals surface area contributed by atoms with Gasteiger partial charge in [0.05, 0.1) is 4.92 Å². The van der Waals surface area contributed by atoms with Gasteiger partial charge in [-0.2, -0.15) is 13.2 Å². The summed E-state index contributed by atoms with van der Waals surface area (Å²) < 4.78 is 42.0. The average molecular weight is 419 g/mol. The molecule has 0 bridgehead atoms. The molecule has 3 rings (SSSR count). The van der Waals surface area contributed by atoms with E-state index in [0.717, 1.165) is 0 Å². The van der Waals surface area contributed by atoms with Gasteiger partial charge in [-0.25, -0.2) is 15.0 Å². The van der Waals surface area contributed by atoms with E-state index in [1.165, 1.54) is 24.4 Å². The molecule has 0 amide bonds. The molecule has 0 saturated heterocycles. The smallest absolute Gasteiger partial charge is 0.422 e. The number of aryl methyl sites for hydroxylation is 1. The van der Waals surface area contributed by atoms with Crippen molar-refractivity contribution in [1.82, 2.24) is 15.0 Å². The maximum atomic E-state index is 12.4. The highest BCUT2D eigenvalue weighted by Gasteiger charge is 2.29. The second kappa shape index (κ2) is 8.72. The Bertz CT molecular complexity index is 1060. The molecule has 11 heteroatoms. The van der Waals surface area contributed by atoms with Crippen molar-refractivity contribution in [3.8, 4) is 17.3 Å². The molecule has 3 aromatic rings. The van der Waals surface area contributed by atoms with Gasteiger partial charge in [0.25, 0.3) is 5.69 Å². The fourth-order valence-electron chi connectivity index (χ4n) is 2.57. The van der Waals surface area contributed by atoms with Crippen molar-refractivity contribution < 1.29 is 22.8 Å². The van der Waals surface area contributed by atoms with Crippen LogP contribution in [0.4, 0.5) is 24.7 Å². The third kappa shape index (κ3) is 5.63. The number of hydrogen-bond acceptors (Lipinski definition) is 7. The zero-order chi connectivity index (χ0) is 21.7. The van der Waals surface area contributed by atoms with E-state index in [9.17, 15) is 23.3 Å². The fraction of sp³-hybridized carbons (Fsp3) is 0.211. The van der Waals surface area contributed by atoms with Crippen molar-refractivity contribution in [3.05, 3.63) is 70.0 Å². The van der Waals surface area contributed by atoms with E-state index in [1.807, 2.05) is 0 Å². The van der Waals surface area contributed by atoms with Gasteiger partial charge < -0.3 is 10.1 Å². The van der Waals surface area contributed by atoms with Gasteiger partial charge >= 0.3 is 6.18 Å². The minimum absolute atomic E-state index is 0.0890. The number of halogens is 3. The van der Waals surface area contributed by atoms with Crippen molar-refractivity contribution >= 4 is 11.5 Å². The summed E-state index contributed by atoms with van der Waals surface area (Å²) in [5.74, 6) is 0.544. The molecular formula is C19H16F3N5O3. The van der Waals surface area contributed by atoms with Crippen molar-refractivity contribution in [2.24, 2.45) is 0 Å². The van der Waals surface area contributed by atoms with Gasteiger partial charge in [-0.1, -0.05) is 18.2 Å². The fourth-order valence-corrected chi connectivity index (χ4v) is 2.57. The number of nitrogens with zero attached hydrogens (tertiary/aromatic N) is 4. The number of ether oxygens (including phenoxy) is 1. The molecule has 0 aliphatic rings. The number of alkyl halides is 3. The SMILES string of the molecule is Cc1cc(NCc2cccnc2OCC(F)(F)F)nc(-c2cccc([N+](=O)[O-])c2)n1. The Morgan fingerprint density at radius 1 is 1.17 bits per heavy atom. The zero-order valence-electron chi connectivity index (χ0n) is 15.7. The molecule has 1 aromatic carbocycles. The Morgan fingerprint density at radius 3 is 2.70 bits per heavy atom. The van der Waals surface area contributed by atoms with Crippen LogP contribution in [-0.4, -0.2) is 32.7 Å². The summed E-state index contributed by atoms with van der Waals surface area (Å²) in [5, 5.41) is 14.0. The summed E-state index contributed by atoms with van der Waals surface area (Å²) in [7, 11) is 0. The average Bonchev–Trinajstić information content (AvgIpc) is 2.70. The highest BCUT2D eigenvalue weighted by Crippen LogP contribution is 2.24. The normalized spacial score (nSPS) is 11.2. The predicted molar refractivity (Wildman–Crippen MR) is 102 cm³/mol. The van der Waals surface area contributed by atoms with Gasteiger partial charge in [0, 0.05) is 47.8 Å². The first kappa shape index (κ1) is 21.0. The molecule has 1 N–H and O–H groups in total. The van der Waals surface area contributed by atoms with Gasteiger partial charge in [0.15, 0.2) is 12.4 Å². The number of aromatic nitrogens is 3. The summed E-state index contributed by atoms with van der Waals surface area (Å²) in [6.07, 6.45) is -3.14. The van der Waals surface area contributed by atoms with Crippen LogP contribution in [0.1, 0.15) is 11.3 Å². The Hall–Kier alpha value is -3.76. The van der Waals surface area contributed by atoms with Crippen LogP contribution in [-0.2, 0) is 6.54 Å². The number of nitro groups is 1. The number of nitro benzene ring substituents is 1. The van der Waals surface area contributed by atoms with E-state index >= 15 is 0 Å². The molecule has 2 heterocycles. The highest BCUT2D eigenvalue weighted by molar-refractivity contribution is 5.61. The molecule has 156 valence electrons. The van der Waals surface area contributed by atoms with Crippen LogP contribution < -0.4 is 10.1 Å². The summed E-state index contributed by atoms with van der Waals surface area (Å²) in [6.45, 7) is 0.391. The second-order valence-corrected chi connectivity index (χ2v) is 6.25. The lowest BCUT2D eigenvalue weighted by atomic mass is 10.2. The second-order valence-electron chi connectivity index (χ2n) is 6.25.